The highest BCUT2D eigenvalue weighted by Crippen LogP contribution is 2.24. The molecule has 2 aromatic carbocycles. The SMILES string of the molecule is O=C(N/N=C/c1cccnc1)c1ccc(Br)cc1OCc1ccccc1. The predicted octanol–water partition coefficient (Wildman–Crippen LogP) is 4.19. The summed E-state index contributed by atoms with van der Waals surface area (Å²) in [5.74, 6) is 0.137. The average Bonchev–Trinajstić information content (AvgIpc) is 2.68. The topological polar surface area (TPSA) is 63.6 Å². The molecule has 130 valence electrons. The number of aromatic nitrogens is 1. The van der Waals surface area contributed by atoms with Crippen molar-refractivity contribution in [3.05, 3.63) is 94.2 Å². The molecule has 1 N–H and O–H groups in total. The van der Waals surface area contributed by atoms with E-state index in [1.165, 1.54) is 6.21 Å². The summed E-state index contributed by atoms with van der Waals surface area (Å²) in [5, 5.41) is 3.97. The Kier molecular flexibility index (Phi) is 6.11. The van der Waals surface area contributed by atoms with Crippen LogP contribution in [0.15, 0.2) is 82.6 Å². The molecule has 0 aliphatic rings. The molecule has 0 radical (unpaired) electrons. The normalized spacial score (nSPS) is 10.7. The lowest BCUT2D eigenvalue weighted by molar-refractivity contribution is 0.0950. The molecule has 0 bridgehead atoms. The molecule has 0 saturated heterocycles. The van der Waals surface area contributed by atoms with E-state index in [1.807, 2.05) is 36.4 Å². The zero-order valence-corrected chi connectivity index (χ0v) is 15.4. The van der Waals surface area contributed by atoms with Gasteiger partial charge in [-0.3, -0.25) is 9.78 Å². The van der Waals surface area contributed by atoms with E-state index in [9.17, 15) is 4.79 Å². The minimum atomic E-state index is -0.347. The Labute approximate surface area is 159 Å². The third kappa shape index (κ3) is 5.00. The van der Waals surface area contributed by atoms with E-state index in [2.05, 4.69) is 31.4 Å². The van der Waals surface area contributed by atoms with Crippen molar-refractivity contribution in [1.29, 1.82) is 0 Å². The maximum atomic E-state index is 12.4. The van der Waals surface area contributed by atoms with Gasteiger partial charge in [-0.15, -0.1) is 0 Å². The van der Waals surface area contributed by atoms with Crippen molar-refractivity contribution in [1.82, 2.24) is 10.4 Å². The van der Waals surface area contributed by atoms with Crippen LogP contribution in [-0.4, -0.2) is 17.1 Å². The van der Waals surface area contributed by atoms with Gasteiger partial charge in [0.15, 0.2) is 0 Å². The van der Waals surface area contributed by atoms with Crippen LogP contribution in [0.5, 0.6) is 5.75 Å². The fourth-order valence-electron chi connectivity index (χ4n) is 2.22. The molecular formula is C20H16BrN3O2. The van der Waals surface area contributed by atoms with Gasteiger partial charge in [0.2, 0.25) is 0 Å². The summed E-state index contributed by atoms with van der Waals surface area (Å²) >= 11 is 3.41. The fourth-order valence-corrected chi connectivity index (χ4v) is 2.56. The van der Waals surface area contributed by atoms with Gasteiger partial charge in [-0.2, -0.15) is 5.10 Å². The quantitative estimate of drug-likeness (QED) is 0.490. The van der Waals surface area contributed by atoms with Crippen LogP contribution >= 0.6 is 15.9 Å². The number of rotatable bonds is 6. The number of amides is 1. The summed E-state index contributed by atoms with van der Waals surface area (Å²) in [7, 11) is 0. The van der Waals surface area contributed by atoms with Crippen molar-refractivity contribution in [3.8, 4) is 5.75 Å². The lowest BCUT2D eigenvalue weighted by atomic mass is 10.2. The molecule has 5 nitrogen and oxygen atoms in total. The number of hydrazone groups is 1. The molecule has 0 spiro atoms. The van der Waals surface area contributed by atoms with E-state index in [0.29, 0.717) is 17.9 Å². The first-order valence-electron chi connectivity index (χ1n) is 7.92. The second-order valence-corrected chi connectivity index (χ2v) is 6.32. The maximum absolute atomic E-state index is 12.4. The summed E-state index contributed by atoms with van der Waals surface area (Å²) in [6, 6.07) is 18.7. The number of nitrogens with one attached hydrogen (secondary N) is 1. The Morgan fingerprint density at radius 1 is 1.15 bits per heavy atom. The molecule has 0 unspecified atom stereocenters. The van der Waals surface area contributed by atoms with Crippen LogP contribution in [0.3, 0.4) is 0 Å². The van der Waals surface area contributed by atoms with Gasteiger partial charge in [-0.25, -0.2) is 5.43 Å². The van der Waals surface area contributed by atoms with Crippen molar-refractivity contribution in [2.45, 2.75) is 6.61 Å². The van der Waals surface area contributed by atoms with E-state index in [0.717, 1.165) is 15.6 Å². The van der Waals surface area contributed by atoms with E-state index in [1.54, 1.807) is 36.7 Å². The van der Waals surface area contributed by atoms with Crippen molar-refractivity contribution in [2.24, 2.45) is 5.10 Å². The Morgan fingerprint density at radius 3 is 2.77 bits per heavy atom. The monoisotopic (exact) mass is 409 g/mol. The maximum Gasteiger partial charge on any atom is 0.275 e. The number of ether oxygens (including phenoxy) is 1. The first kappa shape index (κ1) is 17.8. The summed E-state index contributed by atoms with van der Waals surface area (Å²) < 4.78 is 6.67. The lowest BCUT2D eigenvalue weighted by Gasteiger charge is -2.11. The van der Waals surface area contributed by atoms with Gasteiger partial charge >= 0.3 is 0 Å². The molecule has 0 saturated carbocycles. The second-order valence-electron chi connectivity index (χ2n) is 5.40. The molecule has 1 amide bonds. The summed E-state index contributed by atoms with van der Waals surface area (Å²) in [5.41, 5.74) is 4.74. The smallest absolute Gasteiger partial charge is 0.275 e. The second kappa shape index (κ2) is 8.92. The molecule has 6 heteroatoms. The molecule has 1 heterocycles. The molecule has 3 rings (SSSR count). The highest BCUT2D eigenvalue weighted by Gasteiger charge is 2.13. The molecule has 26 heavy (non-hydrogen) atoms. The number of carbonyl (C=O) groups excluding carboxylic acids is 1. The van der Waals surface area contributed by atoms with Crippen LogP contribution in [-0.2, 0) is 6.61 Å². The first-order chi connectivity index (χ1) is 12.7. The van der Waals surface area contributed by atoms with Crippen LogP contribution in [0.1, 0.15) is 21.5 Å². The van der Waals surface area contributed by atoms with Gasteiger partial charge < -0.3 is 4.74 Å². The summed E-state index contributed by atoms with van der Waals surface area (Å²) in [6.07, 6.45) is 4.87. The Bertz CT molecular complexity index is 899. The van der Waals surface area contributed by atoms with Crippen molar-refractivity contribution in [2.75, 3.05) is 0 Å². The van der Waals surface area contributed by atoms with Gasteiger partial charge in [0, 0.05) is 22.4 Å². The summed E-state index contributed by atoms with van der Waals surface area (Å²) in [6.45, 7) is 0.372. The molecule has 1 aromatic heterocycles. The predicted molar refractivity (Wildman–Crippen MR) is 104 cm³/mol. The molecule has 0 atom stereocenters. The first-order valence-corrected chi connectivity index (χ1v) is 8.71. The largest absolute Gasteiger partial charge is 0.488 e. The Balaban J connectivity index is 1.70. The zero-order valence-electron chi connectivity index (χ0n) is 13.8. The average molecular weight is 410 g/mol. The minimum Gasteiger partial charge on any atom is -0.488 e. The fraction of sp³-hybridized carbons (Fsp3) is 0.0500. The van der Waals surface area contributed by atoms with Gasteiger partial charge in [-0.05, 0) is 29.8 Å². The van der Waals surface area contributed by atoms with Crippen LogP contribution in [0.4, 0.5) is 0 Å². The Hall–Kier alpha value is -2.99. The molecule has 0 fully saturated rings. The highest BCUT2D eigenvalue weighted by atomic mass is 79.9. The van der Waals surface area contributed by atoms with E-state index < -0.39 is 0 Å². The standard InChI is InChI=1S/C20H16BrN3O2/c21-17-8-9-18(19(11-17)26-14-15-5-2-1-3-6-15)20(25)24-23-13-16-7-4-10-22-12-16/h1-13H,14H2,(H,24,25)/b23-13+. The number of hydrogen-bond acceptors (Lipinski definition) is 4. The number of benzene rings is 2. The van der Waals surface area contributed by atoms with E-state index >= 15 is 0 Å². The molecule has 3 aromatic rings. The van der Waals surface area contributed by atoms with Gasteiger partial charge in [0.05, 0.1) is 11.8 Å². The van der Waals surface area contributed by atoms with Crippen LogP contribution in [0.2, 0.25) is 0 Å². The van der Waals surface area contributed by atoms with Crippen molar-refractivity contribution >= 4 is 28.1 Å². The number of hydrogen-bond donors (Lipinski definition) is 1. The van der Waals surface area contributed by atoms with Gasteiger partial charge in [-0.1, -0.05) is 52.3 Å². The van der Waals surface area contributed by atoms with Crippen molar-refractivity contribution in [3.63, 3.8) is 0 Å². The number of halogens is 1. The third-order valence-corrected chi connectivity index (χ3v) is 3.98. The number of pyridine rings is 1. The van der Waals surface area contributed by atoms with Crippen molar-refractivity contribution < 1.29 is 9.53 Å². The van der Waals surface area contributed by atoms with E-state index in [4.69, 9.17) is 4.74 Å². The van der Waals surface area contributed by atoms with Gasteiger partial charge in [0.1, 0.15) is 12.4 Å². The molecule has 0 aliphatic carbocycles. The van der Waals surface area contributed by atoms with Gasteiger partial charge in [0.25, 0.3) is 5.91 Å². The zero-order chi connectivity index (χ0) is 18.2. The minimum absolute atomic E-state index is 0.347. The van der Waals surface area contributed by atoms with Crippen LogP contribution in [0.25, 0.3) is 0 Å². The molecular weight excluding hydrogens is 394 g/mol. The number of carbonyl (C=O) groups is 1. The highest BCUT2D eigenvalue weighted by molar-refractivity contribution is 9.10. The van der Waals surface area contributed by atoms with Crippen LogP contribution in [0, 0.1) is 0 Å². The molecule has 0 aliphatic heterocycles. The summed E-state index contributed by atoms with van der Waals surface area (Å²) in [4.78, 5) is 16.4. The van der Waals surface area contributed by atoms with E-state index in [-0.39, 0.29) is 5.91 Å². The Morgan fingerprint density at radius 2 is 2.00 bits per heavy atom. The third-order valence-electron chi connectivity index (χ3n) is 3.49. The lowest BCUT2D eigenvalue weighted by Crippen LogP contribution is -2.18. The van der Waals surface area contributed by atoms with Crippen LogP contribution < -0.4 is 10.2 Å². The number of nitrogens with zero attached hydrogens (tertiary/aromatic N) is 2.